The van der Waals surface area contributed by atoms with Crippen LogP contribution in [-0.4, -0.2) is 33.4 Å². The number of benzene rings is 1. The number of nitrogens with one attached hydrogen (secondary N) is 1. The highest BCUT2D eigenvalue weighted by Gasteiger charge is 2.23. The average Bonchev–Trinajstić information content (AvgIpc) is 2.91. The molecule has 2 rings (SSSR count). The van der Waals surface area contributed by atoms with Gasteiger partial charge >= 0.3 is 0 Å². The van der Waals surface area contributed by atoms with Gasteiger partial charge in [-0.1, -0.05) is 23.4 Å². The molecule has 1 heterocycles. The molecule has 1 fully saturated rings. The molecule has 0 aromatic heterocycles. The maximum absolute atomic E-state index is 12.1. The Kier molecular flexibility index (Phi) is 5.48. The normalized spacial score (nSPS) is 18.1. The van der Waals surface area contributed by atoms with Gasteiger partial charge in [-0.2, -0.15) is 0 Å². The minimum atomic E-state index is -3.46. The van der Waals surface area contributed by atoms with E-state index in [0.717, 1.165) is 12.8 Å². The van der Waals surface area contributed by atoms with E-state index < -0.39 is 10.0 Å². The molecule has 0 aliphatic carbocycles. The van der Waals surface area contributed by atoms with Crippen LogP contribution in [0.25, 0.3) is 0 Å². The van der Waals surface area contributed by atoms with E-state index in [4.69, 9.17) is 22.1 Å². The Balaban J connectivity index is 2.11. The van der Waals surface area contributed by atoms with Gasteiger partial charge in [0.1, 0.15) is 0 Å². The topological polar surface area (TPSA) is 81.4 Å². The minimum absolute atomic E-state index is 0.0422. The molecule has 1 aromatic rings. The summed E-state index contributed by atoms with van der Waals surface area (Å²) in [5.74, 6) is 5.45. The summed E-state index contributed by atoms with van der Waals surface area (Å²) in [5.41, 5.74) is 6.29. The fourth-order valence-corrected chi connectivity index (χ4v) is 3.56. The standard InChI is InChI=1S/C14H17ClN2O3S/c15-14-6-5-12(9-11(14)3-1-7-16)17-21(18,19)10-13-4-2-8-20-13/h5-6,9,13,17H,2,4,7-8,10,16H2. The van der Waals surface area contributed by atoms with Crippen LogP contribution in [-0.2, 0) is 14.8 Å². The first-order valence-electron chi connectivity index (χ1n) is 6.61. The average molecular weight is 329 g/mol. The fraction of sp³-hybridized carbons (Fsp3) is 0.429. The summed E-state index contributed by atoms with van der Waals surface area (Å²) in [6.45, 7) is 0.839. The maximum Gasteiger partial charge on any atom is 0.235 e. The van der Waals surface area contributed by atoms with Crippen molar-refractivity contribution in [1.29, 1.82) is 0 Å². The quantitative estimate of drug-likeness (QED) is 0.822. The van der Waals surface area contributed by atoms with Crippen molar-refractivity contribution in [2.45, 2.75) is 18.9 Å². The van der Waals surface area contributed by atoms with Gasteiger partial charge in [0.05, 0.1) is 23.4 Å². The zero-order chi connectivity index (χ0) is 15.3. The van der Waals surface area contributed by atoms with Crippen LogP contribution in [0.5, 0.6) is 0 Å². The van der Waals surface area contributed by atoms with Crippen molar-refractivity contribution < 1.29 is 13.2 Å². The minimum Gasteiger partial charge on any atom is -0.377 e. The molecule has 0 bridgehead atoms. The lowest BCUT2D eigenvalue weighted by Crippen LogP contribution is -2.25. The third-order valence-electron chi connectivity index (χ3n) is 2.99. The summed E-state index contributed by atoms with van der Waals surface area (Å²) in [7, 11) is -3.46. The van der Waals surface area contributed by atoms with E-state index in [1.165, 1.54) is 0 Å². The van der Waals surface area contributed by atoms with Gasteiger partial charge in [-0.05, 0) is 31.0 Å². The highest BCUT2D eigenvalue weighted by Crippen LogP contribution is 2.21. The van der Waals surface area contributed by atoms with Gasteiger partial charge in [0, 0.05) is 17.9 Å². The number of anilines is 1. The highest BCUT2D eigenvalue weighted by molar-refractivity contribution is 7.92. The Bertz CT molecular complexity index is 659. The Labute approximate surface area is 129 Å². The van der Waals surface area contributed by atoms with Crippen LogP contribution in [0, 0.1) is 11.8 Å². The van der Waals surface area contributed by atoms with Gasteiger partial charge in [0.2, 0.25) is 10.0 Å². The summed E-state index contributed by atoms with van der Waals surface area (Å²) in [6, 6.07) is 4.80. The molecule has 0 radical (unpaired) electrons. The Morgan fingerprint density at radius 1 is 1.48 bits per heavy atom. The monoisotopic (exact) mass is 328 g/mol. The van der Waals surface area contributed by atoms with E-state index in [0.29, 0.717) is 22.9 Å². The number of ether oxygens (including phenoxy) is 1. The first-order chi connectivity index (χ1) is 10.00. The van der Waals surface area contributed by atoms with Crippen LogP contribution in [0.1, 0.15) is 18.4 Å². The van der Waals surface area contributed by atoms with Crippen molar-refractivity contribution in [3.8, 4) is 11.8 Å². The molecule has 1 atom stereocenters. The predicted octanol–water partition coefficient (Wildman–Crippen LogP) is 1.57. The number of hydrogen-bond acceptors (Lipinski definition) is 4. The molecule has 3 N–H and O–H groups in total. The largest absolute Gasteiger partial charge is 0.377 e. The van der Waals surface area contributed by atoms with E-state index >= 15 is 0 Å². The van der Waals surface area contributed by atoms with Crippen LogP contribution >= 0.6 is 11.6 Å². The number of rotatable bonds is 4. The summed E-state index contributed by atoms with van der Waals surface area (Å²) in [6.07, 6.45) is 1.45. The van der Waals surface area contributed by atoms with E-state index in [-0.39, 0.29) is 18.4 Å². The van der Waals surface area contributed by atoms with Gasteiger partial charge < -0.3 is 10.5 Å². The number of nitrogens with two attached hydrogens (primary N) is 1. The Morgan fingerprint density at radius 2 is 2.29 bits per heavy atom. The second-order valence-corrected chi connectivity index (χ2v) is 6.89. The third kappa shape index (κ3) is 4.90. The molecule has 1 aliphatic heterocycles. The molecule has 1 unspecified atom stereocenters. The summed E-state index contributed by atoms with van der Waals surface area (Å²) < 4.78 is 32.0. The van der Waals surface area contributed by atoms with Crippen molar-refractivity contribution in [3.63, 3.8) is 0 Å². The first kappa shape index (κ1) is 16.1. The van der Waals surface area contributed by atoms with Gasteiger partial charge in [0.25, 0.3) is 0 Å². The summed E-state index contributed by atoms with van der Waals surface area (Å²) >= 11 is 6.00. The Hall–Kier alpha value is -1.26. The molecule has 114 valence electrons. The van der Waals surface area contributed by atoms with Crippen LogP contribution in [0.2, 0.25) is 5.02 Å². The molecule has 1 aromatic carbocycles. The lowest BCUT2D eigenvalue weighted by Gasteiger charge is -2.12. The second kappa shape index (κ2) is 7.14. The van der Waals surface area contributed by atoms with Crippen LogP contribution in [0.4, 0.5) is 5.69 Å². The van der Waals surface area contributed by atoms with Gasteiger partial charge in [-0.25, -0.2) is 8.42 Å². The number of hydrogen-bond donors (Lipinski definition) is 2. The van der Waals surface area contributed by atoms with Crippen molar-refractivity contribution in [2.24, 2.45) is 5.73 Å². The van der Waals surface area contributed by atoms with Crippen LogP contribution < -0.4 is 10.5 Å². The molecular formula is C14H17ClN2O3S. The lowest BCUT2D eigenvalue weighted by atomic mass is 10.2. The van der Waals surface area contributed by atoms with Crippen molar-refractivity contribution >= 4 is 27.3 Å². The highest BCUT2D eigenvalue weighted by atomic mass is 35.5. The zero-order valence-corrected chi connectivity index (χ0v) is 13.0. The van der Waals surface area contributed by atoms with Crippen LogP contribution in [0.3, 0.4) is 0 Å². The summed E-state index contributed by atoms with van der Waals surface area (Å²) in [5, 5.41) is 0.457. The van der Waals surface area contributed by atoms with E-state index in [2.05, 4.69) is 16.6 Å². The zero-order valence-electron chi connectivity index (χ0n) is 11.4. The van der Waals surface area contributed by atoms with Crippen molar-refractivity contribution in [3.05, 3.63) is 28.8 Å². The molecule has 0 saturated carbocycles. The number of sulfonamides is 1. The molecule has 5 nitrogen and oxygen atoms in total. The molecule has 7 heteroatoms. The molecule has 1 saturated heterocycles. The molecule has 1 aliphatic rings. The van der Waals surface area contributed by atoms with Crippen molar-refractivity contribution in [2.75, 3.05) is 23.6 Å². The number of halogens is 1. The maximum atomic E-state index is 12.1. The predicted molar refractivity (Wildman–Crippen MR) is 83.8 cm³/mol. The molecular weight excluding hydrogens is 312 g/mol. The SMILES string of the molecule is NCC#Cc1cc(NS(=O)(=O)CC2CCCO2)ccc1Cl. The summed E-state index contributed by atoms with van der Waals surface area (Å²) in [4.78, 5) is 0. The smallest absolute Gasteiger partial charge is 0.235 e. The van der Waals surface area contributed by atoms with Crippen molar-refractivity contribution in [1.82, 2.24) is 0 Å². The Morgan fingerprint density at radius 3 is 2.95 bits per heavy atom. The third-order valence-corrected chi connectivity index (χ3v) is 4.68. The second-order valence-electron chi connectivity index (χ2n) is 4.72. The van der Waals surface area contributed by atoms with E-state index in [9.17, 15) is 8.42 Å². The van der Waals surface area contributed by atoms with Gasteiger partial charge in [-0.3, -0.25) is 4.72 Å². The lowest BCUT2D eigenvalue weighted by molar-refractivity contribution is 0.127. The van der Waals surface area contributed by atoms with E-state index in [1.807, 2.05) is 0 Å². The first-order valence-corrected chi connectivity index (χ1v) is 8.64. The molecule has 0 spiro atoms. The van der Waals surface area contributed by atoms with Crippen LogP contribution in [0.15, 0.2) is 18.2 Å². The van der Waals surface area contributed by atoms with Gasteiger partial charge in [-0.15, -0.1) is 0 Å². The molecule has 21 heavy (non-hydrogen) atoms. The molecule has 0 amide bonds. The van der Waals surface area contributed by atoms with Gasteiger partial charge in [0.15, 0.2) is 0 Å². The fourth-order valence-electron chi connectivity index (χ4n) is 2.07. The van der Waals surface area contributed by atoms with E-state index in [1.54, 1.807) is 18.2 Å².